The Labute approximate surface area is 172 Å². The van der Waals surface area contributed by atoms with E-state index in [1.54, 1.807) is 18.4 Å². The molecule has 0 radical (unpaired) electrons. The lowest BCUT2D eigenvalue weighted by Crippen LogP contribution is -2.47. The molecule has 2 aliphatic rings. The van der Waals surface area contributed by atoms with Gasteiger partial charge in [0.05, 0.1) is 12.7 Å². The van der Waals surface area contributed by atoms with Crippen LogP contribution in [-0.4, -0.2) is 37.4 Å². The van der Waals surface area contributed by atoms with Crippen LogP contribution < -0.4 is 10.1 Å². The van der Waals surface area contributed by atoms with E-state index in [-0.39, 0.29) is 11.0 Å². The summed E-state index contributed by atoms with van der Waals surface area (Å²) >= 11 is 1.78. The topological polar surface area (TPSA) is 43.4 Å². The third kappa shape index (κ3) is 4.27. The molecule has 152 valence electrons. The van der Waals surface area contributed by atoms with Gasteiger partial charge in [0.2, 0.25) is 0 Å². The van der Waals surface area contributed by atoms with Gasteiger partial charge in [0.15, 0.2) is 0 Å². The van der Waals surface area contributed by atoms with Gasteiger partial charge in [0.25, 0.3) is 0 Å². The summed E-state index contributed by atoms with van der Waals surface area (Å²) in [4.78, 5) is 6.12. The molecule has 0 bridgehead atoms. The van der Waals surface area contributed by atoms with Crippen molar-refractivity contribution in [2.75, 3.05) is 26.8 Å². The van der Waals surface area contributed by atoms with Crippen molar-refractivity contribution < 1.29 is 9.47 Å². The van der Waals surface area contributed by atoms with E-state index in [0.717, 1.165) is 51.1 Å². The first-order valence-corrected chi connectivity index (χ1v) is 11.5. The molecule has 1 N–H and O–H groups in total. The highest BCUT2D eigenvalue weighted by Crippen LogP contribution is 2.49. The molecule has 1 aliphatic heterocycles. The molecule has 28 heavy (non-hydrogen) atoms. The summed E-state index contributed by atoms with van der Waals surface area (Å²) in [5.41, 5.74) is 1.49. The number of hydrogen-bond donors (Lipinski definition) is 1. The summed E-state index contributed by atoms with van der Waals surface area (Å²) in [6, 6.07) is 8.44. The van der Waals surface area contributed by atoms with Crippen molar-refractivity contribution in [1.82, 2.24) is 10.3 Å². The predicted octanol–water partition coefficient (Wildman–Crippen LogP) is 4.74. The number of rotatable bonds is 8. The van der Waals surface area contributed by atoms with E-state index in [1.165, 1.54) is 36.3 Å². The van der Waals surface area contributed by atoms with E-state index < -0.39 is 0 Å². The number of ether oxygens (including phenoxy) is 2. The maximum atomic E-state index is 6.34. The Balaban J connectivity index is 1.39. The van der Waals surface area contributed by atoms with Crippen LogP contribution in [0.25, 0.3) is 0 Å². The normalized spacial score (nSPS) is 23.9. The first-order chi connectivity index (χ1) is 13.8. The Morgan fingerprint density at radius 1 is 1.18 bits per heavy atom. The molecule has 1 aliphatic carbocycles. The second kappa shape index (κ2) is 8.93. The Bertz CT molecular complexity index is 742. The third-order valence-corrected chi connectivity index (χ3v) is 7.57. The van der Waals surface area contributed by atoms with Gasteiger partial charge >= 0.3 is 0 Å². The maximum Gasteiger partial charge on any atom is 0.132 e. The van der Waals surface area contributed by atoms with Gasteiger partial charge in [-0.2, -0.15) is 0 Å². The van der Waals surface area contributed by atoms with Crippen LogP contribution in [0.2, 0.25) is 0 Å². The Kier molecular flexibility index (Phi) is 6.34. The number of methoxy groups -OCH3 is 1. The van der Waals surface area contributed by atoms with Crippen molar-refractivity contribution in [3.63, 3.8) is 0 Å². The van der Waals surface area contributed by atoms with E-state index >= 15 is 0 Å². The van der Waals surface area contributed by atoms with Crippen molar-refractivity contribution in [3.8, 4) is 5.75 Å². The van der Waals surface area contributed by atoms with E-state index in [9.17, 15) is 0 Å². The summed E-state index contributed by atoms with van der Waals surface area (Å²) < 4.78 is 11.8. The van der Waals surface area contributed by atoms with Crippen LogP contribution in [0, 0.1) is 0 Å². The fourth-order valence-electron chi connectivity index (χ4n) is 5.14. The first-order valence-electron chi connectivity index (χ1n) is 10.6. The van der Waals surface area contributed by atoms with Gasteiger partial charge in [0.1, 0.15) is 5.75 Å². The van der Waals surface area contributed by atoms with Gasteiger partial charge in [-0.05, 0) is 68.6 Å². The molecule has 2 fully saturated rings. The Hall–Kier alpha value is -1.43. The summed E-state index contributed by atoms with van der Waals surface area (Å²) in [6.45, 7) is 2.86. The second-order valence-electron chi connectivity index (χ2n) is 8.32. The Morgan fingerprint density at radius 3 is 2.86 bits per heavy atom. The minimum absolute atomic E-state index is 0.0973. The van der Waals surface area contributed by atoms with E-state index in [4.69, 9.17) is 14.5 Å². The van der Waals surface area contributed by atoms with Crippen molar-refractivity contribution in [1.29, 1.82) is 0 Å². The Morgan fingerprint density at radius 2 is 2.07 bits per heavy atom. The monoisotopic (exact) mass is 400 g/mol. The highest BCUT2D eigenvalue weighted by Gasteiger charge is 2.48. The summed E-state index contributed by atoms with van der Waals surface area (Å²) in [5, 5.41) is 5.78. The van der Waals surface area contributed by atoms with E-state index in [0.29, 0.717) is 0 Å². The lowest BCUT2D eigenvalue weighted by molar-refractivity contribution is -0.104. The van der Waals surface area contributed by atoms with Crippen molar-refractivity contribution >= 4 is 11.3 Å². The number of aromatic nitrogens is 1. The summed E-state index contributed by atoms with van der Waals surface area (Å²) in [7, 11) is 1.75. The fourth-order valence-corrected chi connectivity index (χ4v) is 5.99. The molecule has 1 saturated carbocycles. The molecule has 0 amide bonds. The molecular formula is C23H32N2O2S. The van der Waals surface area contributed by atoms with Crippen molar-refractivity contribution in [3.05, 3.63) is 46.4 Å². The van der Waals surface area contributed by atoms with Crippen LogP contribution in [0.15, 0.2) is 35.8 Å². The van der Waals surface area contributed by atoms with Crippen LogP contribution in [0.1, 0.15) is 55.5 Å². The molecule has 0 aromatic carbocycles. The minimum Gasteiger partial charge on any atom is -0.496 e. The van der Waals surface area contributed by atoms with Gasteiger partial charge in [-0.25, -0.2) is 0 Å². The zero-order chi connectivity index (χ0) is 19.3. The molecule has 2 aromatic rings. The summed E-state index contributed by atoms with van der Waals surface area (Å²) in [6.07, 6.45) is 11.3. The largest absolute Gasteiger partial charge is 0.496 e. The molecule has 5 heteroatoms. The van der Waals surface area contributed by atoms with E-state index in [2.05, 4.69) is 28.9 Å². The summed E-state index contributed by atoms with van der Waals surface area (Å²) in [5.74, 6) is 1.02. The fraction of sp³-hybridized carbons (Fsp3) is 0.609. The molecule has 0 unspecified atom stereocenters. The third-order valence-electron chi connectivity index (χ3n) is 6.61. The van der Waals surface area contributed by atoms with Gasteiger partial charge < -0.3 is 14.8 Å². The van der Waals surface area contributed by atoms with E-state index in [1.807, 2.05) is 12.3 Å². The zero-order valence-electron chi connectivity index (χ0n) is 16.9. The molecule has 1 saturated heterocycles. The highest BCUT2D eigenvalue weighted by atomic mass is 32.1. The van der Waals surface area contributed by atoms with Crippen LogP contribution in [0.5, 0.6) is 5.75 Å². The maximum absolute atomic E-state index is 6.34. The SMILES string of the molecule is COc1ccsc1CCNCC[C@@]1(c2ccccn2)CCOC2(CCCC2)C1. The quantitative estimate of drug-likeness (QED) is 0.650. The van der Waals surface area contributed by atoms with Gasteiger partial charge in [-0.1, -0.05) is 18.9 Å². The van der Waals surface area contributed by atoms with Gasteiger partial charge in [-0.3, -0.25) is 4.98 Å². The molecular weight excluding hydrogens is 368 g/mol. The number of pyridine rings is 1. The standard InChI is InChI=1S/C23H32N2O2S/c1-26-19-8-17-28-20(19)7-14-24-15-11-22(21-6-2-5-13-25-21)12-16-27-23(18-22)9-3-4-10-23/h2,5-6,8,13,17,24H,3-4,7,9-12,14-16,18H2,1H3/t22-/m1/s1. The van der Waals surface area contributed by atoms with Crippen LogP contribution in [-0.2, 0) is 16.6 Å². The molecule has 4 nitrogen and oxygen atoms in total. The molecule has 1 atom stereocenters. The van der Waals surface area contributed by atoms with Crippen molar-refractivity contribution in [2.45, 2.75) is 62.4 Å². The molecule has 1 spiro atoms. The highest BCUT2D eigenvalue weighted by molar-refractivity contribution is 7.10. The lowest BCUT2D eigenvalue weighted by atomic mass is 9.68. The smallest absolute Gasteiger partial charge is 0.132 e. The minimum atomic E-state index is 0.0973. The van der Waals surface area contributed by atoms with Gasteiger partial charge in [-0.15, -0.1) is 11.3 Å². The number of hydrogen-bond acceptors (Lipinski definition) is 5. The molecule has 3 heterocycles. The number of nitrogens with zero attached hydrogens (tertiary/aromatic N) is 1. The second-order valence-corrected chi connectivity index (χ2v) is 9.32. The predicted molar refractivity (Wildman–Crippen MR) is 114 cm³/mol. The van der Waals surface area contributed by atoms with Gasteiger partial charge in [0, 0.05) is 35.3 Å². The first kappa shape index (κ1) is 19.9. The average Bonchev–Trinajstić information content (AvgIpc) is 3.38. The van der Waals surface area contributed by atoms with Crippen LogP contribution in [0.4, 0.5) is 0 Å². The number of thiophene rings is 1. The van der Waals surface area contributed by atoms with Crippen molar-refractivity contribution in [2.24, 2.45) is 0 Å². The molecule has 2 aromatic heterocycles. The number of nitrogens with one attached hydrogen (secondary N) is 1. The molecule has 4 rings (SSSR count). The van der Waals surface area contributed by atoms with Crippen LogP contribution >= 0.6 is 11.3 Å². The lowest BCUT2D eigenvalue weighted by Gasteiger charge is -2.46. The zero-order valence-corrected chi connectivity index (χ0v) is 17.7. The average molecular weight is 401 g/mol. The van der Waals surface area contributed by atoms with Crippen LogP contribution in [0.3, 0.4) is 0 Å².